The third-order valence-electron chi connectivity index (χ3n) is 4.36. The number of benzene rings is 2. The summed E-state index contributed by atoms with van der Waals surface area (Å²) in [5.74, 6) is 0.625. The number of nitrogens with one attached hydrogen (secondary N) is 1. The van der Waals surface area contributed by atoms with Crippen molar-refractivity contribution in [3.05, 3.63) is 99.2 Å². The van der Waals surface area contributed by atoms with Crippen LogP contribution in [0.2, 0.25) is 5.02 Å². The molecule has 0 saturated heterocycles. The molecule has 4 rings (SSSR count). The van der Waals surface area contributed by atoms with Gasteiger partial charge in [-0.05, 0) is 35.9 Å². The number of hydrogen-bond donors (Lipinski definition) is 1. The van der Waals surface area contributed by atoms with Crippen molar-refractivity contribution in [2.45, 2.75) is 13.1 Å². The normalized spacial score (nSPS) is 11.1. The number of furan rings is 1. The van der Waals surface area contributed by atoms with Gasteiger partial charge in [0.25, 0.3) is 5.56 Å². The molecule has 0 radical (unpaired) electrons. The molecule has 0 aliphatic heterocycles. The average molecular weight is 366 g/mol. The quantitative estimate of drug-likeness (QED) is 0.600. The van der Waals surface area contributed by atoms with Crippen LogP contribution in [0.5, 0.6) is 0 Å². The van der Waals surface area contributed by atoms with Crippen molar-refractivity contribution < 1.29 is 4.42 Å². The fraction of sp³-hybridized carbons (Fsp3) is 0.100. The fourth-order valence-corrected chi connectivity index (χ4v) is 3.25. The first-order valence-corrected chi connectivity index (χ1v) is 8.55. The third kappa shape index (κ3) is 2.86. The summed E-state index contributed by atoms with van der Waals surface area (Å²) in [5.41, 5.74) is 1.49. The number of halogens is 1. The summed E-state index contributed by atoms with van der Waals surface area (Å²) in [5, 5.41) is 9.82. The van der Waals surface area contributed by atoms with Crippen LogP contribution in [-0.4, -0.2) is 9.13 Å². The van der Waals surface area contributed by atoms with Gasteiger partial charge in [0, 0.05) is 5.02 Å². The molecule has 2 heterocycles. The van der Waals surface area contributed by atoms with Crippen LogP contribution in [0.4, 0.5) is 0 Å². The van der Waals surface area contributed by atoms with E-state index in [0.717, 1.165) is 5.56 Å². The zero-order valence-corrected chi connectivity index (χ0v) is 14.6. The highest BCUT2D eigenvalue weighted by atomic mass is 35.5. The number of para-hydroxylation sites is 1. The molecule has 2 aromatic heterocycles. The first-order valence-electron chi connectivity index (χ1n) is 8.18. The molecule has 1 N–H and O–H groups in total. The van der Waals surface area contributed by atoms with E-state index in [1.807, 2.05) is 42.5 Å². The van der Waals surface area contributed by atoms with Gasteiger partial charge in [-0.15, -0.1) is 0 Å². The highest BCUT2D eigenvalue weighted by molar-refractivity contribution is 6.31. The van der Waals surface area contributed by atoms with Crippen LogP contribution in [0, 0.1) is 5.41 Å². The summed E-state index contributed by atoms with van der Waals surface area (Å²) in [6, 6.07) is 18.4. The number of fused-ring (bicyclic) bond motifs is 1. The lowest BCUT2D eigenvalue weighted by atomic mass is 10.2. The SMILES string of the molecule is N=c1n(Cc2ccco2)c(=O)c2ccccc2n1Cc1ccccc1Cl. The molecule has 0 spiro atoms. The molecule has 0 amide bonds. The van der Waals surface area contributed by atoms with E-state index in [9.17, 15) is 4.79 Å². The lowest BCUT2D eigenvalue weighted by Gasteiger charge is -2.16. The zero-order chi connectivity index (χ0) is 18.1. The van der Waals surface area contributed by atoms with Crippen LogP contribution < -0.4 is 11.2 Å². The fourth-order valence-electron chi connectivity index (χ4n) is 3.05. The smallest absolute Gasteiger partial charge is 0.263 e. The molecule has 0 aliphatic carbocycles. The third-order valence-corrected chi connectivity index (χ3v) is 4.73. The maximum absolute atomic E-state index is 12.9. The Bertz CT molecular complexity index is 1190. The van der Waals surface area contributed by atoms with E-state index < -0.39 is 0 Å². The molecule has 0 fully saturated rings. The van der Waals surface area contributed by atoms with Crippen molar-refractivity contribution in [3.63, 3.8) is 0 Å². The Hall–Kier alpha value is -3.05. The minimum Gasteiger partial charge on any atom is -0.467 e. The molecule has 5 nitrogen and oxygen atoms in total. The first-order chi connectivity index (χ1) is 12.6. The molecular weight excluding hydrogens is 350 g/mol. The summed E-state index contributed by atoms with van der Waals surface area (Å²) < 4.78 is 8.57. The summed E-state index contributed by atoms with van der Waals surface area (Å²) >= 11 is 6.31. The van der Waals surface area contributed by atoms with Crippen LogP contribution in [-0.2, 0) is 13.1 Å². The van der Waals surface area contributed by atoms with Crippen molar-refractivity contribution in [3.8, 4) is 0 Å². The van der Waals surface area contributed by atoms with Crippen molar-refractivity contribution in [1.82, 2.24) is 9.13 Å². The van der Waals surface area contributed by atoms with Gasteiger partial charge in [0.1, 0.15) is 5.76 Å². The molecule has 0 aliphatic rings. The lowest BCUT2D eigenvalue weighted by Crippen LogP contribution is -2.40. The predicted molar refractivity (Wildman–Crippen MR) is 100 cm³/mol. The summed E-state index contributed by atoms with van der Waals surface area (Å²) in [6.45, 7) is 0.607. The highest BCUT2D eigenvalue weighted by Gasteiger charge is 2.13. The Kier molecular flexibility index (Phi) is 4.22. The molecule has 0 bridgehead atoms. The molecule has 130 valence electrons. The first kappa shape index (κ1) is 16.4. The van der Waals surface area contributed by atoms with Gasteiger partial charge >= 0.3 is 0 Å². The number of hydrogen-bond acceptors (Lipinski definition) is 3. The van der Waals surface area contributed by atoms with Gasteiger partial charge in [0.15, 0.2) is 0 Å². The summed E-state index contributed by atoms with van der Waals surface area (Å²) in [7, 11) is 0. The molecular formula is C20H16ClN3O2. The van der Waals surface area contributed by atoms with Gasteiger partial charge in [0.2, 0.25) is 5.62 Å². The maximum Gasteiger partial charge on any atom is 0.263 e. The van der Waals surface area contributed by atoms with Gasteiger partial charge in [-0.3, -0.25) is 14.8 Å². The molecule has 2 aromatic carbocycles. The van der Waals surface area contributed by atoms with Crippen LogP contribution in [0.15, 0.2) is 76.1 Å². The standard InChI is InChI=1S/C20H16ClN3O2/c21-17-9-3-1-6-14(17)12-23-18-10-4-2-8-16(18)19(25)24(20(23)22)13-15-7-5-11-26-15/h1-11,22H,12-13H2. The second kappa shape index (κ2) is 6.69. The molecule has 0 atom stereocenters. The summed E-state index contributed by atoms with van der Waals surface area (Å²) in [6.07, 6.45) is 1.56. The van der Waals surface area contributed by atoms with E-state index in [4.69, 9.17) is 21.4 Å². The van der Waals surface area contributed by atoms with E-state index in [-0.39, 0.29) is 17.7 Å². The second-order valence-electron chi connectivity index (χ2n) is 5.99. The van der Waals surface area contributed by atoms with E-state index in [1.54, 1.807) is 29.0 Å². The number of nitrogens with zero attached hydrogens (tertiary/aromatic N) is 2. The zero-order valence-electron chi connectivity index (χ0n) is 13.9. The Labute approximate surface area is 154 Å². The minimum atomic E-state index is -0.211. The van der Waals surface area contributed by atoms with E-state index in [1.165, 1.54) is 4.57 Å². The second-order valence-corrected chi connectivity index (χ2v) is 6.40. The molecule has 26 heavy (non-hydrogen) atoms. The van der Waals surface area contributed by atoms with Crippen LogP contribution in [0.3, 0.4) is 0 Å². The van der Waals surface area contributed by atoms with Crippen molar-refractivity contribution in [2.75, 3.05) is 0 Å². The van der Waals surface area contributed by atoms with E-state index in [0.29, 0.717) is 28.2 Å². The van der Waals surface area contributed by atoms with Gasteiger partial charge in [-0.25, -0.2) is 0 Å². The number of rotatable bonds is 4. The summed E-state index contributed by atoms with van der Waals surface area (Å²) in [4.78, 5) is 12.9. The van der Waals surface area contributed by atoms with Crippen molar-refractivity contribution in [1.29, 1.82) is 5.41 Å². The average Bonchev–Trinajstić information content (AvgIpc) is 3.17. The van der Waals surface area contributed by atoms with Crippen LogP contribution in [0.25, 0.3) is 10.9 Å². The highest BCUT2D eigenvalue weighted by Crippen LogP contribution is 2.17. The molecule has 0 unspecified atom stereocenters. The molecule has 4 aromatic rings. The van der Waals surface area contributed by atoms with Gasteiger partial charge < -0.3 is 8.98 Å². The Balaban J connectivity index is 1.95. The topological polar surface area (TPSA) is 63.9 Å². The van der Waals surface area contributed by atoms with Crippen molar-refractivity contribution in [2.24, 2.45) is 0 Å². The predicted octanol–water partition coefficient (Wildman–Crippen LogP) is 3.63. The maximum atomic E-state index is 12.9. The minimum absolute atomic E-state index is 0.102. The largest absolute Gasteiger partial charge is 0.467 e. The Morgan fingerprint density at radius 2 is 1.69 bits per heavy atom. The molecule has 0 saturated carbocycles. The van der Waals surface area contributed by atoms with Crippen LogP contribution >= 0.6 is 11.6 Å². The van der Waals surface area contributed by atoms with Gasteiger partial charge in [0.05, 0.1) is 30.3 Å². The van der Waals surface area contributed by atoms with Gasteiger partial charge in [-0.2, -0.15) is 0 Å². The monoisotopic (exact) mass is 365 g/mol. The van der Waals surface area contributed by atoms with Crippen molar-refractivity contribution >= 4 is 22.5 Å². The van der Waals surface area contributed by atoms with Gasteiger partial charge in [-0.1, -0.05) is 41.9 Å². The van der Waals surface area contributed by atoms with E-state index >= 15 is 0 Å². The Morgan fingerprint density at radius 3 is 2.46 bits per heavy atom. The van der Waals surface area contributed by atoms with Crippen LogP contribution in [0.1, 0.15) is 11.3 Å². The lowest BCUT2D eigenvalue weighted by molar-refractivity contribution is 0.474. The Morgan fingerprint density at radius 1 is 0.923 bits per heavy atom. The number of aromatic nitrogens is 2. The molecule has 6 heteroatoms. The van der Waals surface area contributed by atoms with E-state index in [2.05, 4.69) is 0 Å².